The molecular formula is C10H18. The summed E-state index contributed by atoms with van der Waals surface area (Å²) in [5.41, 5.74) is 1.51. The van der Waals surface area contributed by atoms with Gasteiger partial charge in [0, 0.05) is 0 Å². The van der Waals surface area contributed by atoms with Gasteiger partial charge in [0.15, 0.2) is 0 Å². The van der Waals surface area contributed by atoms with E-state index in [1.165, 1.54) is 24.8 Å². The lowest BCUT2D eigenvalue weighted by atomic mass is 10.1. The number of hydrogen-bond donors (Lipinski definition) is 0. The van der Waals surface area contributed by atoms with Gasteiger partial charge in [-0.15, -0.1) is 0 Å². The standard InChI is InChI=1S/C10H18/c1-4-6-7-9-10(3)8-5-2/h4,6,8H,5,7,9H2,1-3H3/b6-4?,10-8+. The molecule has 0 aliphatic heterocycles. The Balaban J connectivity index is 3.38. The highest BCUT2D eigenvalue weighted by Gasteiger charge is 1.84. The predicted octanol–water partition coefficient (Wildman–Crippen LogP) is 3.70. The average Bonchev–Trinajstić information content (AvgIpc) is 1.89. The van der Waals surface area contributed by atoms with Gasteiger partial charge in [0.2, 0.25) is 0 Å². The second-order valence-electron chi connectivity index (χ2n) is 2.57. The molecule has 0 aromatic rings. The minimum absolute atomic E-state index is 1.17. The molecule has 0 N–H and O–H groups in total. The molecule has 0 radical (unpaired) electrons. The van der Waals surface area contributed by atoms with Crippen molar-refractivity contribution in [3.8, 4) is 0 Å². The van der Waals surface area contributed by atoms with Gasteiger partial charge in [-0.2, -0.15) is 0 Å². The van der Waals surface area contributed by atoms with Crippen molar-refractivity contribution in [3.63, 3.8) is 0 Å². The Kier molecular flexibility index (Phi) is 6.25. The third-order valence-electron chi connectivity index (χ3n) is 1.49. The van der Waals surface area contributed by atoms with Crippen molar-refractivity contribution < 1.29 is 0 Å². The van der Waals surface area contributed by atoms with E-state index in [0.29, 0.717) is 0 Å². The first-order valence-corrected chi connectivity index (χ1v) is 4.08. The van der Waals surface area contributed by atoms with Gasteiger partial charge in [-0.1, -0.05) is 30.7 Å². The number of allylic oxidation sites excluding steroid dienone is 4. The fraction of sp³-hybridized carbons (Fsp3) is 0.600. The second kappa shape index (κ2) is 6.60. The molecule has 0 unspecified atom stereocenters. The molecule has 0 bridgehead atoms. The van der Waals surface area contributed by atoms with Gasteiger partial charge >= 0.3 is 0 Å². The summed E-state index contributed by atoms with van der Waals surface area (Å²) in [6.45, 7) is 6.45. The van der Waals surface area contributed by atoms with Gasteiger partial charge in [-0.05, 0) is 33.1 Å². The highest BCUT2D eigenvalue weighted by molar-refractivity contribution is 4.98. The highest BCUT2D eigenvalue weighted by Crippen LogP contribution is 2.04. The minimum atomic E-state index is 1.17. The molecule has 0 amide bonds. The van der Waals surface area contributed by atoms with Crippen LogP contribution in [-0.2, 0) is 0 Å². The molecule has 0 heterocycles. The quantitative estimate of drug-likeness (QED) is 0.520. The van der Waals surface area contributed by atoms with Gasteiger partial charge in [0.05, 0.1) is 0 Å². The fourth-order valence-electron chi connectivity index (χ4n) is 0.928. The molecule has 0 spiro atoms. The Morgan fingerprint density at radius 3 is 2.60 bits per heavy atom. The van der Waals surface area contributed by atoms with E-state index >= 15 is 0 Å². The van der Waals surface area contributed by atoms with Crippen LogP contribution in [0.2, 0.25) is 0 Å². The molecule has 0 saturated carbocycles. The van der Waals surface area contributed by atoms with Crippen molar-refractivity contribution in [2.24, 2.45) is 0 Å². The van der Waals surface area contributed by atoms with Crippen LogP contribution in [0.4, 0.5) is 0 Å². The molecule has 58 valence electrons. The molecule has 0 aromatic heterocycles. The van der Waals surface area contributed by atoms with Crippen molar-refractivity contribution in [3.05, 3.63) is 23.8 Å². The second-order valence-corrected chi connectivity index (χ2v) is 2.57. The molecule has 0 heteroatoms. The lowest BCUT2D eigenvalue weighted by Gasteiger charge is -1.94. The molecule has 0 nitrogen and oxygen atoms in total. The van der Waals surface area contributed by atoms with E-state index in [4.69, 9.17) is 0 Å². The van der Waals surface area contributed by atoms with E-state index in [0.717, 1.165) is 0 Å². The summed E-state index contributed by atoms with van der Waals surface area (Å²) in [6, 6.07) is 0. The fourth-order valence-corrected chi connectivity index (χ4v) is 0.928. The lowest BCUT2D eigenvalue weighted by molar-refractivity contribution is 0.960. The van der Waals surface area contributed by atoms with Crippen LogP contribution >= 0.6 is 0 Å². The molecule has 0 atom stereocenters. The van der Waals surface area contributed by atoms with Crippen LogP contribution in [0.1, 0.15) is 40.0 Å². The minimum Gasteiger partial charge on any atom is -0.0917 e. The predicted molar refractivity (Wildman–Crippen MR) is 48.1 cm³/mol. The Labute approximate surface area is 64.6 Å². The van der Waals surface area contributed by atoms with E-state index in [2.05, 4.69) is 39.0 Å². The molecule has 0 aromatic carbocycles. The molecule has 0 saturated heterocycles. The van der Waals surface area contributed by atoms with Crippen molar-refractivity contribution in [2.75, 3.05) is 0 Å². The Morgan fingerprint density at radius 2 is 2.10 bits per heavy atom. The average molecular weight is 138 g/mol. The van der Waals surface area contributed by atoms with Crippen molar-refractivity contribution in [1.29, 1.82) is 0 Å². The van der Waals surface area contributed by atoms with E-state index in [9.17, 15) is 0 Å². The van der Waals surface area contributed by atoms with Gasteiger partial charge in [0.1, 0.15) is 0 Å². The van der Waals surface area contributed by atoms with Crippen molar-refractivity contribution in [1.82, 2.24) is 0 Å². The van der Waals surface area contributed by atoms with E-state index < -0.39 is 0 Å². The van der Waals surface area contributed by atoms with Crippen LogP contribution in [0.5, 0.6) is 0 Å². The molecule has 0 aliphatic carbocycles. The van der Waals surface area contributed by atoms with Crippen molar-refractivity contribution >= 4 is 0 Å². The van der Waals surface area contributed by atoms with Gasteiger partial charge in [-0.3, -0.25) is 0 Å². The topological polar surface area (TPSA) is 0 Å². The summed E-state index contributed by atoms with van der Waals surface area (Å²) in [5, 5.41) is 0. The summed E-state index contributed by atoms with van der Waals surface area (Å²) in [7, 11) is 0. The zero-order valence-electron chi connectivity index (χ0n) is 7.35. The van der Waals surface area contributed by atoms with Crippen LogP contribution in [-0.4, -0.2) is 0 Å². The van der Waals surface area contributed by atoms with Crippen LogP contribution in [0.3, 0.4) is 0 Å². The highest BCUT2D eigenvalue weighted by atomic mass is 13.9. The Hall–Kier alpha value is -0.520. The monoisotopic (exact) mass is 138 g/mol. The Bertz CT molecular complexity index is 118. The normalized spacial score (nSPS) is 12.9. The Morgan fingerprint density at radius 1 is 1.40 bits per heavy atom. The molecule has 0 aliphatic rings. The molecule has 0 fully saturated rings. The zero-order chi connectivity index (χ0) is 7.82. The summed E-state index contributed by atoms with van der Waals surface area (Å²) in [6.07, 6.45) is 10.2. The summed E-state index contributed by atoms with van der Waals surface area (Å²) in [4.78, 5) is 0. The largest absolute Gasteiger partial charge is 0.0917 e. The summed E-state index contributed by atoms with van der Waals surface area (Å²) < 4.78 is 0. The third-order valence-corrected chi connectivity index (χ3v) is 1.49. The molecule has 10 heavy (non-hydrogen) atoms. The van der Waals surface area contributed by atoms with Crippen LogP contribution in [0.15, 0.2) is 23.8 Å². The summed E-state index contributed by atoms with van der Waals surface area (Å²) in [5.74, 6) is 0. The maximum Gasteiger partial charge on any atom is -0.0288 e. The van der Waals surface area contributed by atoms with Crippen LogP contribution < -0.4 is 0 Å². The smallest absolute Gasteiger partial charge is 0.0288 e. The van der Waals surface area contributed by atoms with Crippen LogP contribution in [0, 0.1) is 0 Å². The third kappa shape index (κ3) is 5.61. The van der Waals surface area contributed by atoms with Gasteiger partial charge < -0.3 is 0 Å². The molecule has 0 rings (SSSR count). The van der Waals surface area contributed by atoms with E-state index in [-0.39, 0.29) is 0 Å². The lowest BCUT2D eigenvalue weighted by Crippen LogP contribution is -1.74. The summed E-state index contributed by atoms with van der Waals surface area (Å²) >= 11 is 0. The SMILES string of the molecule is CC=CCC/C(C)=C/CC. The molecular weight excluding hydrogens is 120 g/mol. The van der Waals surface area contributed by atoms with Crippen molar-refractivity contribution in [2.45, 2.75) is 40.0 Å². The van der Waals surface area contributed by atoms with Crippen LogP contribution in [0.25, 0.3) is 0 Å². The van der Waals surface area contributed by atoms with E-state index in [1.54, 1.807) is 0 Å². The van der Waals surface area contributed by atoms with Gasteiger partial charge in [-0.25, -0.2) is 0 Å². The van der Waals surface area contributed by atoms with E-state index in [1.807, 2.05) is 0 Å². The first-order chi connectivity index (χ1) is 4.81. The first-order valence-electron chi connectivity index (χ1n) is 4.08. The first kappa shape index (κ1) is 9.48. The maximum absolute atomic E-state index is 2.30. The number of hydrogen-bond acceptors (Lipinski definition) is 0. The maximum atomic E-state index is 2.30. The zero-order valence-corrected chi connectivity index (χ0v) is 7.35. The van der Waals surface area contributed by atoms with Gasteiger partial charge in [0.25, 0.3) is 0 Å². The number of rotatable bonds is 4.